The van der Waals surface area contributed by atoms with E-state index in [9.17, 15) is 0 Å². The summed E-state index contributed by atoms with van der Waals surface area (Å²) in [7, 11) is 0. The van der Waals surface area contributed by atoms with Crippen LogP contribution in [0.1, 0.15) is 48.8 Å². The van der Waals surface area contributed by atoms with Gasteiger partial charge in [0.15, 0.2) is 0 Å². The minimum Gasteiger partial charge on any atom is -0.330 e. The predicted octanol–water partition coefficient (Wildman–Crippen LogP) is 2.53. The summed E-state index contributed by atoms with van der Waals surface area (Å²) in [6.07, 6.45) is 9.30. The van der Waals surface area contributed by atoms with Crippen LogP contribution in [0, 0.1) is 5.92 Å². The lowest BCUT2D eigenvalue weighted by atomic mass is 9.53. The van der Waals surface area contributed by atoms with Crippen molar-refractivity contribution < 1.29 is 0 Å². The monoisotopic (exact) mass is 270 g/mol. The standard InChI is InChI=1S/C18H26N2/c19-9-6-13-4-5-15-14(11-13)12-17-16-3-1-2-7-18(15,16)8-10-20-17/h4-5,11,16-17,20H,1-3,6-10,12,19H2/t16-,17+,18-/m0/s1. The van der Waals surface area contributed by atoms with Crippen LogP contribution in [0.2, 0.25) is 0 Å². The van der Waals surface area contributed by atoms with Gasteiger partial charge in [0.05, 0.1) is 0 Å². The Morgan fingerprint density at radius 3 is 3.10 bits per heavy atom. The van der Waals surface area contributed by atoms with Gasteiger partial charge in [-0.3, -0.25) is 0 Å². The normalized spacial score (nSPS) is 35.2. The summed E-state index contributed by atoms with van der Waals surface area (Å²) in [4.78, 5) is 0. The van der Waals surface area contributed by atoms with Crippen LogP contribution < -0.4 is 11.1 Å². The van der Waals surface area contributed by atoms with Crippen LogP contribution in [-0.2, 0) is 18.3 Å². The third kappa shape index (κ3) is 1.78. The molecule has 1 aliphatic heterocycles. The number of piperidine rings is 1. The van der Waals surface area contributed by atoms with Gasteiger partial charge < -0.3 is 11.1 Å². The Balaban J connectivity index is 1.80. The summed E-state index contributed by atoms with van der Waals surface area (Å²) in [5, 5.41) is 3.81. The highest BCUT2D eigenvalue weighted by Gasteiger charge is 2.51. The Morgan fingerprint density at radius 1 is 1.25 bits per heavy atom. The number of fused-ring (bicyclic) bond motifs is 1. The molecule has 2 nitrogen and oxygen atoms in total. The molecular formula is C18H26N2. The van der Waals surface area contributed by atoms with Gasteiger partial charge in [-0.1, -0.05) is 31.0 Å². The molecule has 1 aromatic rings. The first-order chi connectivity index (χ1) is 9.83. The lowest BCUT2D eigenvalue weighted by Gasteiger charge is -2.56. The van der Waals surface area contributed by atoms with Crippen LogP contribution in [0.5, 0.6) is 0 Å². The van der Waals surface area contributed by atoms with Gasteiger partial charge in [-0.15, -0.1) is 0 Å². The van der Waals surface area contributed by atoms with Crippen LogP contribution >= 0.6 is 0 Å². The Labute approximate surface area is 122 Å². The summed E-state index contributed by atoms with van der Waals surface area (Å²) < 4.78 is 0. The van der Waals surface area contributed by atoms with E-state index < -0.39 is 0 Å². The third-order valence-corrected chi connectivity index (χ3v) is 6.14. The number of benzene rings is 1. The van der Waals surface area contributed by atoms with Crippen molar-refractivity contribution in [3.63, 3.8) is 0 Å². The maximum Gasteiger partial charge on any atom is 0.0144 e. The van der Waals surface area contributed by atoms with E-state index in [1.807, 2.05) is 0 Å². The molecule has 3 aliphatic rings. The molecule has 0 radical (unpaired) electrons. The van der Waals surface area contributed by atoms with Gasteiger partial charge in [-0.05, 0) is 67.8 Å². The van der Waals surface area contributed by atoms with Gasteiger partial charge in [-0.2, -0.15) is 0 Å². The molecule has 0 aromatic heterocycles. The van der Waals surface area contributed by atoms with Crippen molar-refractivity contribution in [3.8, 4) is 0 Å². The molecule has 2 heteroatoms. The molecule has 4 rings (SSSR count). The average molecular weight is 270 g/mol. The van der Waals surface area contributed by atoms with Gasteiger partial charge >= 0.3 is 0 Å². The second kappa shape index (κ2) is 4.85. The van der Waals surface area contributed by atoms with Crippen LogP contribution in [0.3, 0.4) is 0 Å². The molecule has 1 heterocycles. The molecule has 2 aliphatic carbocycles. The second-order valence-corrected chi connectivity index (χ2v) is 7.05. The highest BCUT2D eigenvalue weighted by Crippen LogP contribution is 2.53. The lowest BCUT2D eigenvalue weighted by molar-refractivity contribution is 0.0797. The number of hydrogen-bond donors (Lipinski definition) is 2. The topological polar surface area (TPSA) is 38.0 Å². The Morgan fingerprint density at radius 2 is 2.20 bits per heavy atom. The van der Waals surface area contributed by atoms with Crippen molar-refractivity contribution >= 4 is 0 Å². The number of hydrogen-bond acceptors (Lipinski definition) is 2. The molecule has 108 valence electrons. The summed E-state index contributed by atoms with van der Waals surface area (Å²) in [6, 6.07) is 7.98. The molecule has 1 saturated heterocycles. The van der Waals surface area contributed by atoms with Crippen LogP contribution in [0.15, 0.2) is 18.2 Å². The highest BCUT2D eigenvalue weighted by atomic mass is 15.0. The molecule has 1 aromatic carbocycles. The van der Waals surface area contributed by atoms with E-state index in [1.54, 1.807) is 11.1 Å². The van der Waals surface area contributed by atoms with Crippen molar-refractivity contribution in [1.29, 1.82) is 0 Å². The summed E-state index contributed by atoms with van der Waals surface area (Å²) in [6.45, 7) is 1.97. The van der Waals surface area contributed by atoms with Gasteiger partial charge in [0.2, 0.25) is 0 Å². The zero-order valence-corrected chi connectivity index (χ0v) is 12.3. The molecule has 2 fully saturated rings. The van der Waals surface area contributed by atoms with Crippen LogP contribution in [0.4, 0.5) is 0 Å². The van der Waals surface area contributed by atoms with Crippen molar-refractivity contribution in [3.05, 3.63) is 34.9 Å². The molecule has 1 saturated carbocycles. The van der Waals surface area contributed by atoms with Crippen molar-refractivity contribution in [2.75, 3.05) is 13.1 Å². The SMILES string of the molecule is NCCc1ccc2c(c1)C[C@H]1NCC[C@@]23CCCC[C@@H]13. The van der Waals surface area contributed by atoms with Crippen LogP contribution in [-0.4, -0.2) is 19.1 Å². The maximum atomic E-state index is 5.72. The lowest BCUT2D eigenvalue weighted by Crippen LogP contribution is -2.59. The fourth-order valence-corrected chi connectivity index (χ4v) is 5.33. The maximum absolute atomic E-state index is 5.72. The highest BCUT2D eigenvalue weighted by molar-refractivity contribution is 5.43. The molecule has 0 spiro atoms. The first kappa shape index (κ1) is 12.8. The van der Waals surface area contributed by atoms with E-state index in [0.717, 1.165) is 24.9 Å². The first-order valence-corrected chi connectivity index (χ1v) is 8.39. The first-order valence-electron chi connectivity index (χ1n) is 8.39. The van der Waals surface area contributed by atoms with Gasteiger partial charge in [0.25, 0.3) is 0 Å². The summed E-state index contributed by atoms with van der Waals surface area (Å²) in [5.74, 6) is 0.887. The molecule has 0 unspecified atom stereocenters. The summed E-state index contributed by atoms with van der Waals surface area (Å²) >= 11 is 0. The molecule has 3 N–H and O–H groups in total. The smallest absolute Gasteiger partial charge is 0.0144 e. The number of rotatable bonds is 2. The molecule has 0 amide bonds. The van der Waals surface area contributed by atoms with Crippen molar-refractivity contribution in [2.24, 2.45) is 11.7 Å². The number of nitrogens with one attached hydrogen (secondary N) is 1. The Kier molecular flexibility index (Phi) is 3.12. The van der Waals surface area contributed by atoms with Crippen molar-refractivity contribution in [2.45, 2.75) is 56.4 Å². The third-order valence-electron chi connectivity index (χ3n) is 6.14. The van der Waals surface area contributed by atoms with Crippen molar-refractivity contribution in [1.82, 2.24) is 5.32 Å². The van der Waals surface area contributed by atoms with E-state index in [4.69, 9.17) is 5.73 Å². The van der Waals surface area contributed by atoms with E-state index in [-0.39, 0.29) is 0 Å². The Hall–Kier alpha value is -0.860. The molecule has 3 atom stereocenters. The molecular weight excluding hydrogens is 244 g/mol. The van der Waals surface area contributed by atoms with E-state index in [0.29, 0.717) is 5.41 Å². The van der Waals surface area contributed by atoms with Gasteiger partial charge in [0.1, 0.15) is 0 Å². The minimum absolute atomic E-state index is 0.503. The number of nitrogens with two attached hydrogens (primary N) is 1. The summed E-state index contributed by atoms with van der Waals surface area (Å²) in [5.41, 5.74) is 11.0. The molecule has 20 heavy (non-hydrogen) atoms. The van der Waals surface area contributed by atoms with E-state index in [2.05, 4.69) is 23.5 Å². The zero-order valence-electron chi connectivity index (χ0n) is 12.3. The van der Waals surface area contributed by atoms with Gasteiger partial charge in [0, 0.05) is 11.5 Å². The van der Waals surface area contributed by atoms with E-state index >= 15 is 0 Å². The second-order valence-electron chi connectivity index (χ2n) is 7.05. The molecule has 2 bridgehead atoms. The average Bonchev–Trinajstić information content (AvgIpc) is 2.47. The zero-order chi connectivity index (χ0) is 13.6. The predicted molar refractivity (Wildman–Crippen MR) is 82.9 cm³/mol. The largest absolute Gasteiger partial charge is 0.330 e. The quantitative estimate of drug-likeness (QED) is 0.866. The van der Waals surface area contributed by atoms with Crippen LogP contribution in [0.25, 0.3) is 0 Å². The minimum atomic E-state index is 0.503. The van der Waals surface area contributed by atoms with Gasteiger partial charge in [-0.25, -0.2) is 0 Å². The fraction of sp³-hybridized carbons (Fsp3) is 0.667. The fourth-order valence-electron chi connectivity index (χ4n) is 5.33. The van der Waals surface area contributed by atoms with E-state index in [1.165, 1.54) is 50.6 Å². The Bertz CT molecular complexity index is 506.